The van der Waals surface area contributed by atoms with Crippen molar-refractivity contribution in [3.05, 3.63) is 95.6 Å². The monoisotopic (exact) mass is 333 g/mol. The molecule has 4 nitrogen and oxygen atoms in total. The van der Waals surface area contributed by atoms with Crippen molar-refractivity contribution in [1.29, 1.82) is 0 Å². The molecule has 3 aromatic carbocycles. The molecule has 0 aliphatic carbocycles. The summed E-state index contributed by atoms with van der Waals surface area (Å²) in [5.74, 6) is -0.132. The Kier molecular flexibility index (Phi) is 5.32. The summed E-state index contributed by atoms with van der Waals surface area (Å²) in [6.07, 6.45) is 0. The van der Waals surface area contributed by atoms with Crippen molar-refractivity contribution < 1.29 is 14.6 Å². The summed E-state index contributed by atoms with van der Waals surface area (Å²) in [7, 11) is 0. The Morgan fingerprint density at radius 1 is 0.840 bits per heavy atom. The lowest BCUT2D eigenvalue weighted by Crippen LogP contribution is -2.04. The standard InChI is InChI=1S/C21H19NO3/c23-21(24)18-12-10-16(11-13-18)14-22-19-8-4-5-9-20(19)25-15-17-6-2-1-3-7-17/h1-13,22H,14-15H2,(H,23,24). The molecule has 126 valence electrons. The zero-order chi connectivity index (χ0) is 17.5. The number of benzene rings is 3. The van der Waals surface area contributed by atoms with Crippen LogP contribution in [0.15, 0.2) is 78.9 Å². The van der Waals surface area contributed by atoms with Crippen LogP contribution in [-0.4, -0.2) is 11.1 Å². The smallest absolute Gasteiger partial charge is 0.335 e. The molecule has 0 saturated carbocycles. The Morgan fingerprint density at radius 3 is 2.24 bits per heavy atom. The van der Waals surface area contributed by atoms with Gasteiger partial charge in [0.1, 0.15) is 12.4 Å². The van der Waals surface area contributed by atoms with Crippen LogP contribution in [0.5, 0.6) is 5.75 Å². The number of hydrogen-bond donors (Lipinski definition) is 2. The Balaban J connectivity index is 1.63. The molecule has 0 aliphatic heterocycles. The van der Waals surface area contributed by atoms with Gasteiger partial charge in [-0.1, -0.05) is 54.6 Å². The number of anilines is 1. The SMILES string of the molecule is O=C(O)c1ccc(CNc2ccccc2OCc2ccccc2)cc1. The molecule has 0 atom stereocenters. The molecule has 0 unspecified atom stereocenters. The molecule has 0 aromatic heterocycles. The minimum absolute atomic E-state index is 0.287. The summed E-state index contributed by atoms with van der Waals surface area (Å²) in [6, 6.07) is 24.6. The van der Waals surface area contributed by atoms with Gasteiger partial charge in [-0.3, -0.25) is 0 Å². The highest BCUT2D eigenvalue weighted by Crippen LogP contribution is 2.25. The molecule has 25 heavy (non-hydrogen) atoms. The number of rotatable bonds is 7. The van der Waals surface area contributed by atoms with Gasteiger partial charge in [0.05, 0.1) is 11.3 Å². The first kappa shape index (κ1) is 16.6. The Bertz CT molecular complexity index is 829. The van der Waals surface area contributed by atoms with Gasteiger partial charge in [0.2, 0.25) is 0 Å². The minimum atomic E-state index is -0.917. The minimum Gasteiger partial charge on any atom is -0.487 e. The van der Waals surface area contributed by atoms with E-state index in [2.05, 4.69) is 5.32 Å². The van der Waals surface area contributed by atoms with Gasteiger partial charge in [0.25, 0.3) is 0 Å². The van der Waals surface area contributed by atoms with Gasteiger partial charge in [0, 0.05) is 6.54 Å². The zero-order valence-corrected chi connectivity index (χ0v) is 13.7. The lowest BCUT2D eigenvalue weighted by atomic mass is 10.1. The summed E-state index contributed by atoms with van der Waals surface area (Å²) in [5.41, 5.74) is 3.31. The Hall–Kier alpha value is -3.27. The summed E-state index contributed by atoms with van der Waals surface area (Å²) < 4.78 is 5.92. The van der Waals surface area contributed by atoms with Crippen molar-refractivity contribution in [3.8, 4) is 5.75 Å². The van der Waals surface area contributed by atoms with Gasteiger partial charge in [-0.2, -0.15) is 0 Å². The largest absolute Gasteiger partial charge is 0.487 e. The molecular weight excluding hydrogens is 314 g/mol. The molecule has 0 aliphatic rings. The van der Waals surface area contributed by atoms with E-state index in [1.54, 1.807) is 12.1 Å². The van der Waals surface area contributed by atoms with Crippen LogP contribution in [-0.2, 0) is 13.2 Å². The van der Waals surface area contributed by atoms with Gasteiger partial charge in [-0.05, 0) is 35.4 Å². The Morgan fingerprint density at radius 2 is 1.52 bits per heavy atom. The number of hydrogen-bond acceptors (Lipinski definition) is 3. The van der Waals surface area contributed by atoms with Gasteiger partial charge in [-0.15, -0.1) is 0 Å². The van der Waals surface area contributed by atoms with Gasteiger partial charge >= 0.3 is 5.97 Å². The van der Waals surface area contributed by atoms with E-state index in [0.29, 0.717) is 13.2 Å². The predicted octanol–water partition coefficient (Wildman–Crippen LogP) is 4.58. The second-order valence-electron chi connectivity index (χ2n) is 5.63. The van der Waals surface area contributed by atoms with Crippen LogP contribution >= 0.6 is 0 Å². The van der Waals surface area contributed by atoms with Crippen molar-refractivity contribution in [2.24, 2.45) is 0 Å². The fourth-order valence-electron chi connectivity index (χ4n) is 2.44. The van der Waals surface area contributed by atoms with E-state index in [-0.39, 0.29) is 5.56 Å². The lowest BCUT2D eigenvalue weighted by molar-refractivity contribution is 0.0697. The highest BCUT2D eigenvalue weighted by molar-refractivity contribution is 5.87. The average Bonchev–Trinajstić information content (AvgIpc) is 2.66. The number of carboxylic acid groups (broad SMARTS) is 1. The van der Waals surface area contributed by atoms with Gasteiger partial charge in [0.15, 0.2) is 0 Å². The molecule has 0 radical (unpaired) electrons. The summed E-state index contributed by atoms with van der Waals surface area (Å²) in [4.78, 5) is 10.9. The molecule has 0 heterocycles. The molecule has 0 spiro atoms. The molecule has 2 N–H and O–H groups in total. The molecule has 0 fully saturated rings. The van der Waals surface area contributed by atoms with E-state index in [1.165, 1.54) is 0 Å². The average molecular weight is 333 g/mol. The summed E-state index contributed by atoms with van der Waals surface area (Å²) in [6.45, 7) is 1.10. The third kappa shape index (κ3) is 4.61. The maximum absolute atomic E-state index is 10.9. The van der Waals surface area contributed by atoms with Crippen molar-refractivity contribution in [1.82, 2.24) is 0 Å². The van der Waals surface area contributed by atoms with Crippen LogP contribution < -0.4 is 10.1 Å². The van der Waals surface area contributed by atoms with E-state index < -0.39 is 5.97 Å². The summed E-state index contributed by atoms with van der Waals surface area (Å²) in [5, 5.41) is 12.3. The first-order valence-electron chi connectivity index (χ1n) is 8.04. The van der Waals surface area contributed by atoms with Gasteiger partial charge < -0.3 is 15.2 Å². The van der Waals surface area contributed by atoms with Crippen LogP contribution in [0.25, 0.3) is 0 Å². The highest BCUT2D eigenvalue weighted by atomic mass is 16.5. The van der Waals surface area contributed by atoms with Crippen molar-refractivity contribution in [3.63, 3.8) is 0 Å². The van der Waals surface area contributed by atoms with E-state index >= 15 is 0 Å². The molecular formula is C21H19NO3. The predicted molar refractivity (Wildman–Crippen MR) is 97.9 cm³/mol. The van der Waals surface area contributed by atoms with E-state index in [0.717, 1.165) is 22.6 Å². The van der Waals surface area contributed by atoms with Crippen LogP contribution in [0.4, 0.5) is 5.69 Å². The molecule has 0 amide bonds. The van der Waals surface area contributed by atoms with Gasteiger partial charge in [-0.25, -0.2) is 4.79 Å². The lowest BCUT2D eigenvalue weighted by Gasteiger charge is -2.13. The third-order valence-corrected chi connectivity index (χ3v) is 3.81. The second kappa shape index (κ2) is 8.02. The van der Waals surface area contributed by atoms with Crippen LogP contribution in [0.2, 0.25) is 0 Å². The summed E-state index contributed by atoms with van der Waals surface area (Å²) >= 11 is 0. The molecule has 0 saturated heterocycles. The topological polar surface area (TPSA) is 58.6 Å². The molecule has 4 heteroatoms. The number of nitrogens with one attached hydrogen (secondary N) is 1. The van der Waals surface area contributed by atoms with E-state index in [9.17, 15) is 4.79 Å². The molecule has 3 aromatic rings. The molecule has 0 bridgehead atoms. The number of carbonyl (C=O) groups is 1. The van der Waals surface area contributed by atoms with Crippen LogP contribution in [0, 0.1) is 0 Å². The van der Waals surface area contributed by atoms with E-state index in [1.807, 2.05) is 66.7 Å². The number of para-hydroxylation sites is 2. The first-order chi connectivity index (χ1) is 12.2. The maximum atomic E-state index is 10.9. The van der Waals surface area contributed by atoms with Crippen molar-refractivity contribution in [2.75, 3.05) is 5.32 Å². The maximum Gasteiger partial charge on any atom is 0.335 e. The highest BCUT2D eigenvalue weighted by Gasteiger charge is 2.05. The number of aromatic carboxylic acids is 1. The zero-order valence-electron chi connectivity index (χ0n) is 13.7. The van der Waals surface area contributed by atoms with Crippen LogP contribution in [0.3, 0.4) is 0 Å². The quantitative estimate of drug-likeness (QED) is 0.665. The molecule has 3 rings (SSSR count). The third-order valence-electron chi connectivity index (χ3n) is 3.81. The Labute approximate surface area is 146 Å². The second-order valence-corrected chi connectivity index (χ2v) is 5.63. The van der Waals surface area contributed by atoms with Crippen LogP contribution in [0.1, 0.15) is 21.5 Å². The number of carboxylic acids is 1. The number of ether oxygens (including phenoxy) is 1. The van der Waals surface area contributed by atoms with E-state index in [4.69, 9.17) is 9.84 Å². The fraction of sp³-hybridized carbons (Fsp3) is 0.0952. The fourth-order valence-corrected chi connectivity index (χ4v) is 2.44. The normalized spacial score (nSPS) is 10.2. The first-order valence-corrected chi connectivity index (χ1v) is 8.04. The van der Waals surface area contributed by atoms with Crippen molar-refractivity contribution in [2.45, 2.75) is 13.2 Å². The van der Waals surface area contributed by atoms with Crippen molar-refractivity contribution >= 4 is 11.7 Å².